The summed E-state index contributed by atoms with van der Waals surface area (Å²) in [5.41, 5.74) is 0.463. The lowest BCUT2D eigenvalue weighted by atomic mass is 10.1. The van der Waals surface area contributed by atoms with Crippen LogP contribution in [0.25, 0.3) is 0 Å². The largest absolute Gasteiger partial charge is 0.381 e. The van der Waals surface area contributed by atoms with E-state index in [0.717, 1.165) is 12.8 Å². The van der Waals surface area contributed by atoms with Gasteiger partial charge in [0, 0.05) is 36.4 Å². The van der Waals surface area contributed by atoms with Gasteiger partial charge in [0.15, 0.2) is 0 Å². The first-order valence-electron chi connectivity index (χ1n) is 6.28. The summed E-state index contributed by atoms with van der Waals surface area (Å²) in [5, 5.41) is 0. The summed E-state index contributed by atoms with van der Waals surface area (Å²) in [6.45, 7) is 1.29. The molecule has 0 bridgehead atoms. The van der Waals surface area contributed by atoms with Crippen molar-refractivity contribution in [2.75, 3.05) is 20.2 Å². The van der Waals surface area contributed by atoms with Gasteiger partial charge in [-0.25, -0.2) is 8.42 Å². The van der Waals surface area contributed by atoms with Gasteiger partial charge >= 0.3 is 0 Å². The van der Waals surface area contributed by atoms with Crippen molar-refractivity contribution >= 4 is 25.6 Å². The fraction of sp³-hybridized carbons (Fsp3) is 0.462. The highest BCUT2D eigenvalue weighted by Gasteiger charge is 2.23. The number of rotatable bonds is 3. The molecule has 20 heavy (non-hydrogen) atoms. The van der Waals surface area contributed by atoms with E-state index in [9.17, 15) is 13.2 Å². The summed E-state index contributed by atoms with van der Waals surface area (Å²) < 4.78 is 27.5. The van der Waals surface area contributed by atoms with E-state index < -0.39 is 9.05 Å². The van der Waals surface area contributed by atoms with Crippen molar-refractivity contribution in [1.29, 1.82) is 0 Å². The minimum Gasteiger partial charge on any atom is -0.381 e. The van der Waals surface area contributed by atoms with E-state index >= 15 is 0 Å². The first-order chi connectivity index (χ1) is 9.41. The molecule has 0 aliphatic carbocycles. The second-order valence-electron chi connectivity index (χ2n) is 4.69. The van der Waals surface area contributed by atoms with E-state index in [-0.39, 0.29) is 16.9 Å². The zero-order chi connectivity index (χ0) is 14.8. The molecule has 110 valence electrons. The summed E-state index contributed by atoms with van der Waals surface area (Å²) in [7, 11) is 3.16. The average Bonchev–Trinajstić information content (AvgIpc) is 2.46. The topological polar surface area (TPSA) is 63.7 Å². The molecule has 1 amide bonds. The molecule has 1 aromatic rings. The molecule has 1 aliphatic rings. The number of carbonyl (C=O) groups is 1. The molecule has 1 aliphatic heterocycles. The van der Waals surface area contributed by atoms with E-state index in [2.05, 4.69) is 0 Å². The van der Waals surface area contributed by atoms with Crippen LogP contribution in [-0.4, -0.2) is 45.5 Å². The molecule has 1 heterocycles. The molecule has 2 rings (SSSR count). The second-order valence-corrected chi connectivity index (χ2v) is 7.26. The van der Waals surface area contributed by atoms with Crippen LogP contribution in [0.15, 0.2) is 29.2 Å². The molecular formula is C13H16ClNO4S. The molecule has 7 heteroatoms. The molecule has 0 saturated carbocycles. The van der Waals surface area contributed by atoms with Crippen LogP contribution < -0.4 is 0 Å². The van der Waals surface area contributed by atoms with Gasteiger partial charge in [-0.3, -0.25) is 4.79 Å². The Morgan fingerprint density at radius 1 is 1.25 bits per heavy atom. The lowest BCUT2D eigenvalue weighted by Crippen LogP contribution is -2.40. The number of hydrogen-bond donors (Lipinski definition) is 0. The lowest BCUT2D eigenvalue weighted by molar-refractivity contribution is 0.0350. The highest BCUT2D eigenvalue weighted by atomic mass is 35.7. The third kappa shape index (κ3) is 3.50. The van der Waals surface area contributed by atoms with Gasteiger partial charge < -0.3 is 9.64 Å². The Bertz CT molecular complexity index is 577. The van der Waals surface area contributed by atoms with Crippen molar-refractivity contribution in [2.45, 2.75) is 23.8 Å². The van der Waals surface area contributed by atoms with Crippen LogP contribution in [0, 0.1) is 0 Å². The quantitative estimate of drug-likeness (QED) is 0.798. The molecule has 5 nitrogen and oxygen atoms in total. The van der Waals surface area contributed by atoms with E-state index in [0.29, 0.717) is 18.7 Å². The second kappa shape index (κ2) is 6.11. The molecule has 1 saturated heterocycles. The Labute approximate surface area is 122 Å². The van der Waals surface area contributed by atoms with Crippen molar-refractivity contribution in [3.8, 4) is 0 Å². The molecule has 0 spiro atoms. The number of likely N-dealkylation sites (tertiary alicyclic amines) is 1. The predicted molar refractivity (Wildman–Crippen MR) is 75.4 cm³/mol. The Balaban J connectivity index is 2.07. The fourth-order valence-electron chi connectivity index (χ4n) is 2.24. The van der Waals surface area contributed by atoms with Crippen LogP contribution in [0.1, 0.15) is 23.2 Å². The highest BCUT2D eigenvalue weighted by Crippen LogP contribution is 2.18. The third-order valence-corrected chi connectivity index (χ3v) is 4.82. The molecule has 0 unspecified atom stereocenters. The van der Waals surface area contributed by atoms with Crippen LogP contribution in [0.4, 0.5) is 0 Å². The maximum atomic E-state index is 12.3. The number of ether oxygens (including phenoxy) is 1. The van der Waals surface area contributed by atoms with Gasteiger partial charge in [0.05, 0.1) is 11.0 Å². The Morgan fingerprint density at radius 2 is 1.80 bits per heavy atom. The van der Waals surface area contributed by atoms with Crippen molar-refractivity contribution in [3.63, 3.8) is 0 Å². The molecule has 0 aromatic heterocycles. The van der Waals surface area contributed by atoms with Crippen LogP contribution in [0.3, 0.4) is 0 Å². The molecule has 1 fully saturated rings. The third-order valence-electron chi connectivity index (χ3n) is 3.45. The van der Waals surface area contributed by atoms with Gasteiger partial charge in [0.25, 0.3) is 15.0 Å². The van der Waals surface area contributed by atoms with E-state index in [1.807, 2.05) is 0 Å². The summed E-state index contributed by atoms with van der Waals surface area (Å²) >= 11 is 0. The number of nitrogens with zero attached hydrogens (tertiary/aromatic N) is 1. The zero-order valence-corrected chi connectivity index (χ0v) is 12.7. The predicted octanol–water partition coefficient (Wildman–Crippen LogP) is 1.87. The van der Waals surface area contributed by atoms with Crippen molar-refractivity contribution in [1.82, 2.24) is 4.90 Å². The van der Waals surface area contributed by atoms with Crippen molar-refractivity contribution in [3.05, 3.63) is 29.8 Å². The number of piperidine rings is 1. The van der Waals surface area contributed by atoms with Gasteiger partial charge in [0.2, 0.25) is 0 Å². The fourth-order valence-corrected chi connectivity index (χ4v) is 3.01. The standard InChI is InChI=1S/C13H16ClNO4S/c1-19-11-6-8-15(9-7-11)13(16)10-2-4-12(5-3-10)20(14,17)18/h2-5,11H,6-9H2,1H3. The van der Waals surface area contributed by atoms with Crippen LogP contribution >= 0.6 is 10.7 Å². The van der Waals surface area contributed by atoms with Gasteiger partial charge in [0.1, 0.15) is 0 Å². The van der Waals surface area contributed by atoms with Crippen LogP contribution in [-0.2, 0) is 13.8 Å². The SMILES string of the molecule is COC1CCN(C(=O)c2ccc(S(=O)(=O)Cl)cc2)CC1. The molecule has 0 radical (unpaired) electrons. The van der Waals surface area contributed by atoms with Crippen molar-refractivity contribution in [2.24, 2.45) is 0 Å². The maximum Gasteiger partial charge on any atom is 0.261 e. The molecule has 1 aromatic carbocycles. The highest BCUT2D eigenvalue weighted by molar-refractivity contribution is 8.13. The molecular weight excluding hydrogens is 302 g/mol. The number of carbonyl (C=O) groups excluding carboxylic acids is 1. The van der Waals surface area contributed by atoms with Gasteiger partial charge in [-0.2, -0.15) is 0 Å². The average molecular weight is 318 g/mol. The minimum absolute atomic E-state index is 0.00573. The molecule has 0 N–H and O–H groups in total. The number of amides is 1. The summed E-state index contributed by atoms with van der Waals surface area (Å²) in [5.74, 6) is -0.0990. The zero-order valence-electron chi connectivity index (χ0n) is 11.1. The smallest absolute Gasteiger partial charge is 0.261 e. The van der Waals surface area contributed by atoms with Gasteiger partial charge in [-0.1, -0.05) is 0 Å². The summed E-state index contributed by atoms with van der Waals surface area (Å²) in [6.07, 6.45) is 1.84. The number of benzene rings is 1. The summed E-state index contributed by atoms with van der Waals surface area (Å²) in [6, 6.07) is 5.66. The number of hydrogen-bond acceptors (Lipinski definition) is 4. The Hall–Kier alpha value is -1.11. The molecule has 0 atom stereocenters. The first-order valence-corrected chi connectivity index (χ1v) is 8.59. The normalized spacial score (nSPS) is 17.2. The Morgan fingerprint density at radius 3 is 2.25 bits per heavy atom. The monoisotopic (exact) mass is 317 g/mol. The van der Waals surface area contributed by atoms with Gasteiger partial charge in [-0.05, 0) is 37.1 Å². The number of halogens is 1. The minimum atomic E-state index is -3.75. The van der Waals surface area contributed by atoms with E-state index in [1.165, 1.54) is 24.3 Å². The lowest BCUT2D eigenvalue weighted by Gasteiger charge is -2.31. The van der Waals surface area contributed by atoms with E-state index in [4.69, 9.17) is 15.4 Å². The summed E-state index contributed by atoms with van der Waals surface area (Å²) in [4.78, 5) is 14.0. The van der Waals surface area contributed by atoms with Crippen molar-refractivity contribution < 1.29 is 17.9 Å². The van der Waals surface area contributed by atoms with Crippen LogP contribution in [0.2, 0.25) is 0 Å². The Kier molecular flexibility index (Phi) is 4.67. The maximum absolute atomic E-state index is 12.3. The van der Waals surface area contributed by atoms with Gasteiger partial charge in [-0.15, -0.1) is 0 Å². The van der Waals surface area contributed by atoms with E-state index in [1.54, 1.807) is 12.0 Å². The number of methoxy groups -OCH3 is 1. The first kappa shape index (κ1) is 15.3. The van der Waals surface area contributed by atoms with Crippen LogP contribution in [0.5, 0.6) is 0 Å².